The monoisotopic (exact) mass is 411 g/mol. The van der Waals surface area contributed by atoms with Crippen LogP contribution in [0.25, 0.3) is 0 Å². The summed E-state index contributed by atoms with van der Waals surface area (Å²) in [7, 11) is 1.65. The third kappa shape index (κ3) is 6.35. The van der Waals surface area contributed by atoms with E-state index in [2.05, 4.69) is 41.5 Å². The maximum absolute atomic E-state index is 12.1. The molecule has 0 atom stereocenters. The van der Waals surface area contributed by atoms with E-state index in [-0.39, 0.29) is 11.9 Å². The molecule has 1 aromatic heterocycles. The average molecular weight is 412 g/mol. The number of nitrogens with one attached hydrogen (secondary N) is 1. The van der Waals surface area contributed by atoms with Gasteiger partial charge in [-0.15, -0.1) is 16.9 Å². The zero-order valence-electron chi connectivity index (χ0n) is 16.9. The van der Waals surface area contributed by atoms with Crippen LogP contribution < -0.4 is 10.1 Å². The van der Waals surface area contributed by atoms with E-state index < -0.39 is 0 Å². The molecule has 0 bridgehead atoms. The molecule has 0 aliphatic carbocycles. The van der Waals surface area contributed by atoms with Gasteiger partial charge in [0.25, 0.3) is 0 Å². The predicted octanol–water partition coefficient (Wildman–Crippen LogP) is 4.80. The number of carbonyl (C=O) groups is 1. The van der Waals surface area contributed by atoms with E-state index in [0.29, 0.717) is 18.7 Å². The predicted molar refractivity (Wildman–Crippen MR) is 115 cm³/mol. The Balaban J connectivity index is 1.40. The van der Waals surface area contributed by atoms with E-state index in [1.807, 2.05) is 30.3 Å². The maximum atomic E-state index is 12.1. The molecule has 0 aliphatic rings. The Labute approximate surface area is 175 Å². The molecular weight excluding hydrogens is 386 g/mol. The summed E-state index contributed by atoms with van der Waals surface area (Å²) in [6, 6.07) is 14.3. The van der Waals surface area contributed by atoms with Crippen molar-refractivity contribution in [2.75, 3.05) is 18.2 Å². The fourth-order valence-electron chi connectivity index (χ4n) is 2.74. The fraction of sp³-hybridized carbons (Fsp3) is 0.318. The van der Waals surface area contributed by atoms with Crippen LogP contribution in [0.2, 0.25) is 0 Å². The molecule has 0 aliphatic heterocycles. The van der Waals surface area contributed by atoms with Gasteiger partial charge in [0.2, 0.25) is 11.8 Å². The van der Waals surface area contributed by atoms with Crippen molar-refractivity contribution in [3.63, 3.8) is 0 Å². The summed E-state index contributed by atoms with van der Waals surface area (Å²) in [5.41, 5.74) is 3.57. The van der Waals surface area contributed by atoms with Crippen molar-refractivity contribution in [3.05, 3.63) is 65.0 Å². The van der Waals surface area contributed by atoms with Crippen molar-refractivity contribution in [1.29, 1.82) is 0 Å². The second-order valence-electron chi connectivity index (χ2n) is 6.77. The molecule has 1 heterocycles. The number of aryl methyl sites for hydroxylation is 2. The summed E-state index contributed by atoms with van der Waals surface area (Å²) in [6.45, 7) is 4.15. The van der Waals surface area contributed by atoms with Gasteiger partial charge in [-0.2, -0.15) is 0 Å². The van der Waals surface area contributed by atoms with Crippen molar-refractivity contribution in [2.24, 2.45) is 0 Å². The van der Waals surface area contributed by atoms with Gasteiger partial charge in [0.15, 0.2) is 0 Å². The first kappa shape index (κ1) is 20.9. The molecule has 0 unspecified atom stereocenters. The van der Waals surface area contributed by atoms with Crippen molar-refractivity contribution in [3.8, 4) is 5.75 Å². The van der Waals surface area contributed by atoms with Crippen molar-refractivity contribution in [1.82, 2.24) is 10.2 Å². The van der Waals surface area contributed by atoms with Gasteiger partial charge in [-0.3, -0.25) is 10.1 Å². The second kappa shape index (κ2) is 10.1. The van der Waals surface area contributed by atoms with E-state index in [1.54, 1.807) is 18.9 Å². The number of ether oxygens (including phenoxy) is 1. The smallest absolute Gasteiger partial charge is 0.322 e. The van der Waals surface area contributed by atoms with Gasteiger partial charge in [-0.05, 0) is 67.0 Å². The van der Waals surface area contributed by atoms with Gasteiger partial charge in [-0.1, -0.05) is 23.3 Å². The van der Waals surface area contributed by atoms with Crippen molar-refractivity contribution in [2.45, 2.75) is 38.0 Å². The van der Waals surface area contributed by atoms with Crippen LogP contribution in [0.15, 0.2) is 51.8 Å². The highest BCUT2D eigenvalue weighted by molar-refractivity contribution is 7.99. The van der Waals surface area contributed by atoms with Gasteiger partial charge < -0.3 is 9.15 Å². The molecule has 1 amide bonds. The number of hydrogen-bond acceptors (Lipinski definition) is 6. The van der Waals surface area contributed by atoms with Crippen LogP contribution in [-0.2, 0) is 11.2 Å². The Kier molecular flexibility index (Phi) is 7.30. The number of thioether (sulfide) groups is 1. The molecule has 7 heteroatoms. The van der Waals surface area contributed by atoms with Gasteiger partial charge in [-0.25, -0.2) is 0 Å². The Hall–Kier alpha value is -2.80. The number of anilines is 1. The van der Waals surface area contributed by atoms with Crippen LogP contribution in [0.5, 0.6) is 5.75 Å². The molecule has 3 rings (SSSR count). The Morgan fingerprint density at radius 3 is 2.62 bits per heavy atom. The molecule has 2 aromatic carbocycles. The summed E-state index contributed by atoms with van der Waals surface area (Å²) < 4.78 is 10.7. The first-order valence-electron chi connectivity index (χ1n) is 9.48. The molecule has 152 valence electrons. The molecule has 6 nitrogen and oxygen atoms in total. The summed E-state index contributed by atoms with van der Waals surface area (Å²) in [6.07, 6.45) is 1.70. The highest BCUT2D eigenvalue weighted by atomic mass is 32.2. The lowest BCUT2D eigenvalue weighted by molar-refractivity contribution is -0.116. The molecule has 0 saturated carbocycles. The summed E-state index contributed by atoms with van der Waals surface area (Å²) >= 11 is 1.71. The van der Waals surface area contributed by atoms with E-state index in [9.17, 15) is 4.79 Å². The number of aromatic nitrogens is 2. The standard InChI is InChI=1S/C22H25N3O3S/c1-15-6-7-17(13-16(15)2)14-21-24-25-22(28-21)23-20(26)5-4-12-29-19-10-8-18(27-3)9-11-19/h6-11,13H,4-5,12,14H2,1-3H3,(H,23,25,26). The average Bonchev–Trinajstić information content (AvgIpc) is 3.15. The van der Waals surface area contributed by atoms with Crippen LogP contribution in [0.1, 0.15) is 35.4 Å². The number of methoxy groups -OCH3 is 1. The van der Waals surface area contributed by atoms with Gasteiger partial charge >= 0.3 is 6.01 Å². The van der Waals surface area contributed by atoms with Gasteiger partial charge in [0, 0.05) is 11.3 Å². The molecular formula is C22H25N3O3S. The molecule has 0 radical (unpaired) electrons. The number of nitrogens with zero attached hydrogens (tertiary/aromatic N) is 2. The van der Waals surface area contributed by atoms with E-state index >= 15 is 0 Å². The normalized spacial score (nSPS) is 10.7. The molecule has 0 fully saturated rings. The summed E-state index contributed by atoms with van der Waals surface area (Å²) in [4.78, 5) is 13.2. The fourth-order valence-corrected chi connectivity index (χ4v) is 3.59. The summed E-state index contributed by atoms with van der Waals surface area (Å²) in [5.74, 6) is 2.05. The third-order valence-corrected chi connectivity index (χ3v) is 5.61. The van der Waals surface area contributed by atoms with Crippen molar-refractivity contribution < 1.29 is 13.9 Å². The number of rotatable bonds is 9. The number of carbonyl (C=O) groups excluding carboxylic acids is 1. The minimum atomic E-state index is -0.123. The van der Waals surface area contributed by atoms with Gasteiger partial charge in [0.1, 0.15) is 5.75 Å². The lowest BCUT2D eigenvalue weighted by Crippen LogP contribution is -2.11. The molecule has 1 N–H and O–H groups in total. The highest BCUT2D eigenvalue weighted by Crippen LogP contribution is 2.22. The topological polar surface area (TPSA) is 77.2 Å². The van der Waals surface area contributed by atoms with Gasteiger partial charge in [0.05, 0.1) is 13.5 Å². The molecule has 3 aromatic rings. The Morgan fingerprint density at radius 1 is 1.10 bits per heavy atom. The Bertz CT molecular complexity index is 954. The quantitative estimate of drug-likeness (QED) is 0.403. The SMILES string of the molecule is COc1ccc(SCCCC(=O)Nc2nnc(Cc3ccc(C)c(C)c3)o2)cc1. The lowest BCUT2D eigenvalue weighted by atomic mass is 10.0. The summed E-state index contributed by atoms with van der Waals surface area (Å²) in [5, 5.41) is 10.6. The van der Waals surface area contributed by atoms with E-state index in [1.165, 1.54) is 11.1 Å². The first-order valence-corrected chi connectivity index (χ1v) is 10.5. The minimum Gasteiger partial charge on any atom is -0.497 e. The van der Waals surface area contributed by atoms with Crippen LogP contribution >= 0.6 is 11.8 Å². The number of benzene rings is 2. The molecule has 0 saturated heterocycles. The highest BCUT2D eigenvalue weighted by Gasteiger charge is 2.11. The minimum absolute atomic E-state index is 0.123. The Morgan fingerprint density at radius 2 is 1.90 bits per heavy atom. The van der Waals surface area contributed by atoms with E-state index in [0.717, 1.165) is 28.4 Å². The first-order chi connectivity index (χ1) is 14.0. The largest absolute Gasteiger partial charge is 0.497 e. The zero-order valence-corrected chi connectivity index (χ0v) is 17.7. The number of amides is 1. The second-order valence-corrected chi connectivity index (χ2v) is 7.94. The number of hydrogen-bond donors (Lipinski definition) is 1. The lowest BCUT2D eigenvalue weighted by Gasteiger charge is -2.04. The zero-order chi connectivity index (χ0) is 20.6. The van der Waals surface area contributed by atoms with Crippen molar-refractivity contribution >= 4 is 23.7 Å². The van der Waals surface area contributed by atoms with Crippen LogP contribution in [0, 0.1) is 13.8 Å². The molecule has 29 heavy (non-hydrogen) atoms. The van der Waals surface area contributed by atoms with E-state index in [4.69, 9.17) is 9.15 Å². The maximum Gasteiger partial charge on any atom is 0.322 e. The molecule has 0 spiro atoms. The van der Waals surface area contributed by atoms with Crippen LogP contribution in [0.3, 0.4) is 0 Å². The third-order valence-electron chi connectivity index (χ3n) is 4.52. The van der Waals surface area contributed by atoms with Crippen LogP contribution in [-0.4, -0.2) is 29.0 Å². The van der Waals surface area contributed by atoms with Crippen LogP contribution in [0.4, 0.5) is 6.01 Å².